The molecule has 0 bridgehead atoms. The van der Waals surface area contributed by atoms with Crippen LogP contribution in [0, 0.1) is 0 Å². The molecular weight excluding hydrogens is 872 g/mol. The smallest absolute Gasteiger partial charge is 0.335 e. The van der Waals surface area contributed by atoms with Crippen LogP contribution in [0.3, 0.4) is 0 Å². The molecule has 13 heteroatoms. The van der Waals surface area contributed by atoms with Gasteiger partial charge in [-0.2, -0.15) is 0 Å². The van der Waals surface area contributed by atoms with Crippen LogP contribution in [0.1, 0.15) is 99.3 Å². The number of piperidine rings is 2. The van der Waals surface area contributed by atoms with Gasteiger partial charge in [0, 0.05) is 80.7 Å². The standard InChI is InChI=1S/C25H27ClN2O2S.C20H18ClNO2S.C5H11NO/c1-25(2,3)23-13-16(8-9-27-23)18-12-22(31-15-18)20-7-6-17(11-21(20)26)24(30)28-10-4-5-19(29)14-28;1-20(2,3)18-10-12(6-7-22-18)14-9-17(25-11-14)15-5-4-13(19(23)24)8-16(15)21;7-5-2-1-3-6-4-5/h6-9,11-13,15,19,29H,4-5,10,14H2,1-3H3;4-11H,1-3H3,(H,23,24);5-7H,1-4H2. The number of hydrogen-bond acceptors (Lipinski definition) is 9. The zero-order chi connectivity index (χ0) is 45.5. The number of aromatic carboxylic acids is 1. The SMILES string of the molecule is CC(C)(C)c1cc(-c2csc(-c3ccc(C(=O)N4CCCC(O)C4)cc3Cl)c2)ccn1.CC(C)(C)c1cc(-c2csc(-c3ccc(C(=O)O)cc3Cl)c2)ccn1.OC1CCCNC1. The maximum atomic E-state index is 12.8. The summed E-state index contributed by atoms with van der Waals surface area (Å²) in [6, 6.07) is 22.8. The van der Waals surface area contributed by atoms with E-state index in [9.17, 15) is 14.7 Å². The van der Waals surface area contributed by atoms with Gasteiger partial charge >= 0.3 is 5.97 Å². The van der Waals surface area contributed by atoms with Gasteiger partial charge in [0.2, 0.25) is 0 Å². The van der Waals surface area contributed by atoms with Gasteiger partial charge in [-0.3, -0.25) is 14.8 Å². The molecule has 4 N–H and O–H groups in total. The van der Waals surface area contributed by atoms with E-state index in [4.69, 9.17) is 33.4 Å². The number of nitrogens with one attached hydrogen (secondary N) is 1. The van der Waals surface area contributed by atoms with Gasteiger partial charge in [-0.05, 0) is 126 Å². The van der Waals surface area contributed by atoms with Gasteiger partial charge in [-0.15, -0.1) is 22.7 Å². The van der Waals surface area contributed by atoms with Gasteiger partial charge < -0.3 is 25.5 Å². The molecule has 4 aromatic heterocycles. The number of halogens is 2. The Bertz CT molecular complexity index is 2520. The lowest BCUT2D eigenvalue weighted by Crippen LogP contribution is -2.42. The molecule has 2 aliphatic heterocycles. The molecule has 9 nitrogen and oxygen atoms in total. The van der Waals surface area contributed by atoms with Gasteiger partial charge in [-0.1, -0.05) is 76.9 Å². The number of aliphatic hydroxyl groups excluding tert-OH is 2. The van der Waals surface area contributed by atoms with E-state index in [0.29, 0.717) is 28.7 Å². The van der Waals surface area contributed by atoms with Crippen LogP contribution in [0.4, 0.5) is 0 Å². The minimum atomic E-state index is -0.980. The van der Waals surface area contributed by atoms with Crippen molar-refractivity contribution in [2.75, 3.05) is 26.2 Å². The summed E-state index contributed by atoms with van der Waals surface area (Å²) in [7, 11) is 0. The first-order valence-corrected chi connectivity index (χ1v) is 23.7. The molecule has 1 amide bonds. The van der Waals surface area contributed by atoms with E-state index in [2.05, 4.69) is 91.9 Å². The molecule has 2 atom stereocenters. The first-order valence-electron chi connectivity index (χ1n) is 21.2. The number of hydrogen-bond donors (Lipinski definition) is 4. The summed E-state index contributed by atoms with van der Waals surface area (Å²) in [6.07, 6.45) is 6.85. The molecule has 6 aromatic rings. The summed E-state index contributed by atoms with van der Waals surface area (Å²) >= 11 is 16.1. The van der Waals surface area contributed by atoms with Crippen LogP contribution in [0.25, 0.3) is 43.1 Å². The molecule has 2 unspecified atom stereocenters. The van der Waals surface area contributed by atoms with Crippen molar-refractivity contribution in [1.29, 1.82) is 0 Å². The summed E-state index contributed by atoms with van der Waals surface area (Å²) in [5.74, 6) is -1.06. The van der Waals surface area contributed by atoms with E-state index >= 15 is 0 Å². The van der Waals surface area contributed by atoms with E-state index in [1.165, 1.54) is 6.07 Å². The largest absolute Gasteiger partial charge is 0.478 e. The highest BCUT2D eigenvalue weighted by atomic mass is 35.5. The Morgan fingerprint density at radius 3 is 1.62 bits per heavy atom. The van der Waals surface area contributed by atoms with Crippen LogP contribution in [0.15, 0.2) is 96.0 Å². The Morgan fingerprint density at radius 2 is 1.19 bits per heavy atom. The van der Waals surface area contributed by atoms with Crippen molar-refractivity contribution in [2.24, 2.45) is 0 Å². The molecule has 2 saturated heterocycles. The van der Waals surface area contributed by atoms with Crippen molar-refractivity contribution < 1.29 is 24.9 Å². The number of amides is 1. The number of aliphatic hydroxyl groups is 2. The predicted molar refractivity (Wildman–Crippen MR) is 260 cm³/mol. The number of β-amino-alcohol motifs (C(OH)–C–C–N with tert-alkyl or cyclic N) is 2. The lowest BCUT2D eigenvalue weighted by atomic mass is 9.90. The highest BCUT2D eigenvalue weighted by Crippen LogP contribution is 2.39. The zero-order valence-electron chi connectivity index (χ0n) is 36.6. The molecule has 6 heterocycles. The Balaban J connectivity index is 0.000000184. The van der Waals surface area contributed by atoms with Gasteiger partial charge in [0.25, 0.3) is 5.91 Å². The number of likely N-dealkylation sites (tertiary alicyclic amines) is 1. The monoisotopic (exact) mass is 926 g/mol. The number of carboxylic acid groups (broad SMARTS) is 1. The van der Waals surface area contributed by atoms with E-state index in [-0.39, 0.29) is 28.4 Å². The quantitative estimate of drug-likeness (QED) is 0.130. The van der Waals surface area contributed by atoms with E-state index in [1.807, 2.05) is 36.7 Å². The summed E-state index contributed by atoms with van der Waals surface area (Å²) < 4.78 is 0. The van der Waals surface area contributed by atoms with E-state index < -0.39 is 12.1 Å². The molecule has 63 heavy (non-hydrogen) atoms. The van der Waals surface area contributed by atoms with E-state index in [0.717, 1.165) is 93.3 Å². The fourth-order valence-corrected chi connectivity index (χ4v) is 9.74. The van der Waals surface area contributed by atoms with Crippen molar-refractivity contribution in [1.82, 2.24) is 20.2 Å². The number of rotatable bonds is 6. The molecule has 2 fully saturated rings. The highest BCUT2D eigenvalue weighted by Gasteiger charge is 2.24. The Kier molecular flexibility index (Phi) is 16.0. The van der Waals surface area contributed by atoms with Gasteiger partial charge in [0.1, 0.15) is 0 Å². The predicted octanol–water partition coefficient (Wildman–Crippen LogP) is 11.9. The number of aromatic nitrogens is 2. The summed E-state index contributed by atoms with van der Waals surface area (Å²) in [6.45, 7) is 15.8. The lowest BCUT2D eigenvalue weighted by Gasteiger charge is -2.30. The molecule has 2 aromatic carbocycles. The fourth-order valence-electron chi connectivity index (χ4n) is 7.15. The molecule has 332 valence electrons. The van der Waals surface area contributed by atoms with Gasteiger partial charge in [-0.25, -0.2) is 4.79 Å². The van der Waals surface area contributed by atoms with Crippen molar-refractivity contribution >= 4 is 57.8 Å². The van der Waals surface area contributed by atoms with Crippen LogP contribution in [-0.2, 0) is 10.8 Å². The molecule has 2 aliphatic rings. The summed E-state index contributed by atoms with van der Waals surface area (Å²) in [5, 5.41) is 36.1. The Labute approximate surface area is 388 Å². The number of nitrogens with zero attached hydrogens (tertiary/aromatic N) is 3. The van der Waals surface area contributed by atoms with Crippen molar-refractivity contribution in [3.8, 4) is 43.1 Å². The molecule has 0 aliphatic carbocycles. The first kappa shape index (κ1) is 48.0. The molecule has 8 rings (SSSR count). The third-order valence-corrected chi connectivity index (χ3v) is 13.4. The molecule has 0 radical (unpaired) electrons. The minimum absolute atomic E-state index is 0.00899. The van der Waals surface area contributed by atoms with Crippen LogP contribution < -0.4 is 5.32 Å². The maximum Gasteiger partial charge on any atom is 0.335 e. The highest BCUT2D eigenvalue weighted by molar-refractivity contribution is 7.14. The number of benzene rings is 2. The fraction of sp³-hybridized carbons (Fsp3) is 0.360. The average molecular weight is 928 g/mol. The topological polar surface area (TPSA) is 136 Å². The second-order valence-electron chi connectivity index (χ2n) is 18.0. The molecular formula is C50H56Cl2N4O5S2. The van der Waals surface area contributed by atoms with Gasteiger partial charge in [0.15, 0.2) is 0 Å². The van der Waals surface area contributed by atoms with Crippen molar-refractivity contribution in [3.05, 3.63) is 129 Å². The maximum absolute atomic E-state index is 12.8. The normalized spacial score (nSPS) is 16.6. The average Bonchev–Trinajstić information content (AvgIpc) is 3.95. The minimum Gasteiger partial charge on any atom is -0.478 e. The number of carboxylic acids is 1. The Hall–Kier alpha value is -4.46. The summed E-state index contributed by atoms with van der Waals surface area (Å²) in [5.41, 5.74) is 9.07. The van der Waals surface area contributed by atoms with Crippen molar-refractivity contribution in [3.63, 3.8) is 0 Å². The number of carbonyl (C=O) groups excluding carboxylic acids is 1. The van der Waals surface area contributed by atoms with Crippen LogP contribution >= 0.6 is 45.9 Å². The number of carbonyl (C=O) groups is 2. The van der Waals surface area contributed by atoms with Crippen LogP contribution in [0.5, 0.6) is 0 Å². The molecule has 0 saturated carbocycles. The van der Waals surface area contributed by atoms with Crippen LogP contribution in [-0.4, -0.2) is 80.5 Å². The number of thiophene rings is 2. The third-order valence-electron chi connectivity index (χ3n) is 10.8. The second-order valence-corrected chi connectivity index (χ2v) is 20.6. The van der Waals surface area contributed by atoms with Gasteiger partial charge in [0.05, 0.1) is 27.8 Å². The number of pyridine rings is 2. The van der Waals surface area contributed by atoms with Crippen molar-refractivity contribution in [2.45, 2.75) is 90.3 Å². The van der Waals surface area contributed by atoms with E-state index in [1.54, 1.807) is 45.8 Å². The second kappa shape index (κ2) is 21.0. The lowest BCUT2D eigenvalue weighted by molar-refractivity contribution is 0.0473. The Morgan fingerprint density at radius 1 is 0.683 bits per heavy atom. The zero-order valence-corrected chi connectivity index (χ0v) is 39.8. The molecule has 0 spiro atoms. The summed E-state index contributed by atoms with van der Waals surface area (Å²) in [4.78, 5) is 36.6. The third kappa shape index (κ3) is 12.8. The first-order chi connectivity index (χ1) is 29.9. The van der Waals surface area contributed by atoms with Crippen LogP contribution in [0.2, 0.25) is 10.0 Å².